The maximum absolute atomic E-state index is 12.0. The van der Waals surface area contributed by atoms with E-state index in [0.717, 1.165) is 0 Å². The molecule has 8 nitrogen and oxygen atoms in total. The highest BCUT2D eigenvalue weighted by atomic mass is 32.2. The fourth-order valence-electron chi connectivity index (χ4n) is 1.72. The minimum atomic E-state index is -0.167. The van der Waals surface area contributed by atoms with E-state index in [1.165, 1.54) is 18.9 Å². The van der Waals surface area contributed by atoms with Gasteiger partial charge in [0.15, 0.2) is 0 Å². The second kappa shape index (κ2) is 7.64. The highest BCUT2D eigenvalue weighted by molar-refractivity contribution is 7.99. The highest BCUT2D eigenvalue weighted by Gasteiger charge is 2.12. The zero-order valence-corrected chi connectivity index (χ0v) is 13.4. The van der Waals surface area contributed by atoms with Gasteiger partial charge >= 0.3 is 0 Å². The monoisotopic (exact) mass is 323 g/mol. The Balaban J connectivity index is 1.97. The molecule has 1 aromatic carbocycles. The van der Waals surface area contributed by atoms with E-state index in [4.69, 9.17) is 9.47 Å². The molecule has 1 N–H and O–H groups in total. The number of ether oxygens (including phenoxy) is 2. The van der Waals surface area contributed by atoms with Gasteiger partial charge in [-0.25, -0.2) is 4.68 Å². The van der Waals surface area contributed by atoms with Gasteiger partial charge in [0.1, 0.15) is 11.5 Å². The zero-order valence-electron chi connectivity index (χ0n) is 12.6. The molecule has 9 heteroatoms. The van der Waals surface area contributed by atoms with Crippen molar-refractivity contribution in [2.45, 2.75) is 18.6 Å². The van der Waals surface area contributed by atoms with Crippen molar-refractivity contribution in [1.82, 2.24) is 20.2 Å². The molecule has 118 valence electrons. The molecular weight excluding hydrogens is 306 g/mol. The number of aryl methyl sites for hydroxylation is 1. The van der Waals surface area contributed by atoms with Crippen molar-refractivity contribution >= 4 is 23.4 Å². The number of carbonyl (C=O) groups is 1. The van der Waals surface area contributed by atoms with Gasteiger partial charge in [0.25, 0.3) is 0 Å². The van der Waals surface area contributed by atoms with Crippen LogP contribution in [0.5, 0.6) is 11.5 Å². The molecule has 0 radical (unpaired) electrons. The molecule has 1 heterocycles. The Morgan fingerprint density at radius 3 is 2.86 bits per heavy atom. The molecule has 2 rings (SSSR count). The van der Waals surface area contributed by atoms with Gasteiger partial charge in [-0.05, 0) is 29.5 Å². The summed E-state index contributed by atoms with van der Waals surface area (Å²) in [5.41, 5.74) is 0.587. The summed E-state index contributed by atoms with van der Waals surface area (Å²) in [7, 11) is 3.11. The summed E-state index contributed by atoms with van der Waals surface area (Å²) in [4.78, 5) is 12.0. The van der Waals surface area contributed by atoms with Crippen molar-refractivity contribution < 1.29 is 14.3 Å². The molecule has 0 fully saturated rings. The van der Waals surface area contributed by atoms with Gasteiger partial charge in [0.2, 0.25) is 11.1 Å². The van der Waals surface area contributed by atoms with Crippen molar-refractivity contribution in [3.8, 4) is 11.5 Å². The van der Waals surface area contributed by atoms with Gasteiger partial charge in [-0.1, -0.05) is 11.8 Å². The molecule has 0 aliphatic heterocycles. The molecule has 0 atom stereocenters. The topological polar surface area (TPSA) is 91.2 Å². The summed E-state index contributed by atoms with van der Waals surface area (Å²) in [5, 5.41) is 14.7. The Kier molecular flexibility index (Phi) is 5.59. The van der Waals surface area contributed by atoms with Crippen molar-refractivity contribution in [1.29, 1.82) is 0 Å². The quantitative estimate of drug-likeness (QED) is 0.771. The van der Waals surface area contributed by atoms with Gasteiger partial charge in [-0.3, -0.25) is 4.79 Å². The Morgan fingerprint density at radius 2 is 2.18 bits per heavy atom. The number of hydrogen-bond donors (Lipinski definition) is 1. The van der Waals surface area contributed by atoms with Crippen LogP contribution < -0.4 is 14.8 Å². The SMILES string of the molecule is CCn1nnnc1SCC(=O)Nc1ccc(OC)cc1OC. The predicted octanol–water partition coefficient (Wildman–Crippen LogP) is 1.44. The summed E-state index contributed by atoms with van der Waals surface area (Å²) >= 11 is 1.28. The van der Waals surface area contributed by atoms with E-state index in [1.54, 1.807) is 30.0 Å². The van der Waals surface area contributed by atoms with Crippen LogP contribution >= 0.6 is 11.8 Å². The van der Waals surface area contributed by atoms with Crippen LogP contribution in [0.3, 0.4) is 0 Å². The first kappa shape index (κ1) is 16.1. The number of benzene rings is 1. The van der Waals surface area contributed by atoms with E-state index in [-0.39, 0.29) is 11.7 Å². The van der Waals surface area contributed by atoms with Gasteiger partial charge in [-0.15, -0.1) is 5.10 Å². The third-order valence-electron chi connectivity index (χ3n) is 2.81. The molecule has 2 aromatic rings. The molecule has 1 amide bonds. The van der Waals surface area contributed by atoms with Crippen LogP contribution in [0, 0.1) is 0 Å². The van der Waals surface area contributed by atoms with Crippen LogP contribution in [0.25, 0.3) is 0 Å². The summed E-state index contributed by atoms with van der Waals surface area (Å²) in [6.45, 7) is 2.59. The number of tetrazole rings is 1. The van der Waals surface area contributed by atoms with Gasteiger partial charge in [0.05, 0.1) is 25.7 Å². The maximum atomic E-state index is 12.0. The molecule has 0 saturated heterocycles. The average molecular weight is 323 g/mol. The summed E-state index contributed by atoms with van der Waals surface area (Å²) < 4.78 is 12.0. The zero-order chi connectivity index (χ0) is 15.9. The van der Waals surface area contributed by atoms with Gasteiger partial charge in [-0.2, -0.15) is 0 Å². The number of rotatable bonds is 7. The minimum absolute atomic E-state index is 0.167. The largest absolute Gasteiger partial charge is 0.497 e. The number of anilines is 1. The van der Waals surface area contributed by atoms with Crippen molar-refractivity contribution in [3.05, 3.63) is 18.2 Å². The number of aromatic nitrogens is 4. The lowest BCUT2D eigenvalue weighted by Gasteiger charge is -2.11. The predicted molar refractivity (Wildman–Crippen MR) is 82.4 cm³/mol. The van der Waals surface area contributed by atoms with E-state index < -0.39 is 0 Å². The van der Waals surface area contributed by atoms with Gasteiger partial charge < -0.3 is 14.8 Å². The summed E-state index contributed by atoms with van der Waals surface area (Å²) in [6, 6.07) is 5.19. The van der Waals surface area contributed by atoms with E-state index >= 15 is 0 Å². The molecule has 0 aliphatic carbocycles. The highest BCUT2D eigenvalue weighted by Crippen LogP contribution is 2.29. The molecule has 0 aliphatic rings. The number of thioether (sulfide) groups is 1. The molecular formula is C13H17N5O3S. The summed E-state index contributed by atoms with van der Waals surface area (Å²) in [6.07, 6.45) is 0. The van der Waals surface area contributed by atoms with E-state index in [0.29, 0.717) is 28.9 Å². The average Bonchev–Trinajstić information content (AvgIpc) is 3.00. The van der Waals surface area contributed by atoms with Crippen LogP contribution in [0.15, 0.2) is 23.4 Å². The molecule has 22 heavy (non-hydrogen) atoms. The van der Waals surface area contributed by atoms with Crippen molar-refractivity contribution in [2.75, 3.05) is 25.3 Å². The van der Waals surface area contributed by atoms with Crippen molar-refractivity contribution in [3.63, 3.8) is 0 Å². The Hall–Kier alpha value is -2.29. The number of amides is 1. The van der Waals surface area contributed by atoms with Crippen LogP contribution in [-0.2, 0) is 11.3 Å². The van der Waals surface area contributed by atoms with Crippen LogP contribution in [0.2, 0.25) is 0 Å². The number of methoxy groups -OCH3 is 2. The molecule has 0 saturated carbocycles. The second-order valence-electron chi connectivity index (χ2n) is 4.18. The first-order valence-electron chi connectivity index (χ1n) is 6.58. The Morgan fingerprint density at radius 1 is 1.36 bits per heavy atom. The molecule has 0 spiro atoms. The fourth-order valence-corrected chi connectivity index (χ4v) is 2.46. The number of nitrogens with zero attached hydrogens (tertiary/aromatic N) is 4. The van der Waals surface area contributed by atoms with Crippen molar-refractivity contribution in [2.24, 2.45) is 0 Å². The minimum Gasteiger partial charge on any atom is -0.497 e. The second-order valence-corrected chi connectivity index (χ2v) is 5.12. The Bertz CT molecular complexity index is 646. The molecule has 0 bridgehead atoms. The standard InChI is InChI=1S/C13H17N5O3S/c1-4-18-13(15-16-17-18)22-8-12(19)14-10-6-5-9(20-2)7-11(10)21-3/h5-7H,4,8H2,1-3H3,(H,14,19). The smallest absolute Gasteiger partial charge is 0.234 e. The number of nitrogens with one attached hydrogen (secondary N) is 1. The molecule has 1 aromatic heterocycles. The normalized spacial score (nSPS) is 10.3. The third kappa shape index (κ3) is 3.88. The van der Waals surface area contributed by atoms with Gasteiger partial charge in [0, 0.05) is 12.6 Å². The van der Waals surface area contributed by atoms with Crippen LogP contribution in [-0.4, -0.2) is 46.1 Å². The maximum Gasteiger partial charge on any atom is 0.234 e. The number of hydrogen-bond acceptors (Lipinski definition) is 7. The number of carbonyl (C=O) groups excluding carboxylic acids is 1. The summed E-state index contributed by atoms with van der Waals surface area (Å²) in [5.74, 6) is 1.23. The fraction of sp³-hybridized carbons (Fsp3) is 0.385. The van der Waals surface area contributed by atoms with E-state index in [9.17, 15) is 4.79 Å². The van der Waals surface area contributed by atoms with E-state index in [1.807, 2.05) is 6.92 Å². The molecule has 0 unspecified atom stereocenters. The first-order chi connectivity index (χ1) is 10.7. The van der Waals surface area contributed by atoms with Crippen LogP contribution in [0.4, 0.5) is 5.69 Å². The van der Waals surface area contributed by atoms with E-state index in [2.05, 4.69) is 20.8 Å². The lowest BCUT2D eigenvalue weighted by molar-refractivity contribution is -0.113. The third-order valence-corrected chi connectivity index (χ3v) is 3.77. The lowest BCUT2D eigenvalue weighted by Crippen LogP contribution is -2.15. The first-order valence-corrected chi connectivity index (χ1v) is 7.57. The lowest BCUT2D eigenvalue weighted by atomic mass is 10.2. The Labute approximate surface area is 132 Å². The van der Waals surface area contributed by atoms with Crippen LogP contribution in [0.1, 0.15) is 6.92 Å².